The van der Waals surface area contributed by atoms with Gasteiger partial charge in [0.15, 0.2) is 11.6 Å². The second-order valence-electron chi connectivity index (χ2n) is 7.66. The number of aromatic amines is 1. The lowest BCUT2D eigenvalue weighted by molar-refractivity contribution is 0.509. The van der Waals surface area contributed by atoms with Crippen molar-refractivity contribution in [2.75, 3.05) is 36.4 Å². The number of H-pyrrole nitrogens is 1. The van der Waals surface area contributed by atoms with Crippen LogP contribution in [0.5, 0.6) is 0 Å². The third-order valence-electron chi connectivity index (χ3n) is 5.56. The quantitative estimate of drug-likeness (QED) is 0.442. The van der Waals surface area contributed by atoms with Gasteiger partial charge in [0, 0.05) is 44.1 Å². The highest BCUT2D eigenvalue weighted by Crippen LogP contribution is 2.33. The van der Waals surface area contributed by atoms with Gasteiger partial charge in [-0.15, -0.1) is 0 Å². The van der Waals surface area contributed by atoms with Crippen LogP contribution in [0.15, 0.2) is 43.0 Å². The fourth-order valence-electron chi connectivity index (χ4n) is 3.86. The summed E-state index contributed by atoms with van der Waals surface area (Å²) in [5, 5.41) is 7.41. The Morgan fingerprint density at radius 1 is 1.06 bits per heavy atom. The molecule has 1 unspecified atom stereocenters. The Hall–Kier alpha value is -3.66. The van der Waals surface area contributed by atoms with Crippen LogP contribution in [0.4, 0.5) is 20.5 Å². The molecule has 5 rings (SSSR count). The zero-order valence-corrected chi connectivity index (χ0v) is 17.4. The maximum Gasteiger partial charge on any atom is 0.225 e. The molecule has 1 atom stereocenters. The number of aromatic nitrogens is 5. The number of benzene rings is 1. The number of rotatable bonds is 5. The van der Waals surface area contributed by atoms with Crippen LogP contribution in [-0.2, 0) is 0 Å². The molecule has 0 saturated carbocycles. The predicted octanol–water partition coefficient (Wildman–Crippen LogP) is 3.28. The van der Waals surface area contributed by atoms with Gasteiger partial charge in [-0.25, -0.2) is 28.7 Å². The number of anilines is 2. The average Bonchev–Trinajstić information content (AvgIpc) is 3.27. The maximum atomic E-state index is 13.8. The van der Waals surface area contributed by atoms with Crippen molar-refractivity contribution < 1.29 is 8.78 Å². The summed E-state index contributed by atoms with van der Waals surface area (Å²) in [6.45, 7) is 5.51. The van der Waals surface area contributed by atoms with E-state index in [2.05, 4.69) is 35.5 Å². The van der Waals surface area contributed by atoms with Crippen LogP contribution in [0.3, 0.4) is 0 Å². The monoisotopic (exact) mass is 436 g/mol. The van der Waals surface area contributed by atoms with Crippen molar-refractivity contribution >= 4 is 22.8 Å². The normalized spacial score (nSPS) is 15.2. The fourth-order valence-corrected chi connectivity index (χ4v) is 3.86. The molecule has 1 saturated heterocycles. The highest BCUT2D eigenvalue weighted by molar-refractivity contribution is 6.00. The van der Waals surface area contributed by atoms with Crippen molar-refractivity contribution in [3.05, 3.63) is 60.3 Å². The molecule has 164 valence electrons. The number of nitrogens with one attached hydrogen (secondary N) is 3. The first-order valence-corrected chi connectivity index (χ1v) is 10.4. The van der Waals surface area contributed by atoms with Crippen LogP contribution in [0, 0.1) is 11.6 Å². The van der Waals surface area contributed by atoms with Gasteiger partial charge in [-0.1, -0.05) is 6.07 Å². The summed E-state index contributed by atoms with van der Waals surface area (Å²) >= 11 is 0. The Bertz CT molecular complexity index is 1250. The molecule has 10 heteroatoms. The van der Waals surface area contributed by atoms with E-state index >= 15 is 0 Å². The molecule has 0 aliphatic carbocycles. The van der Waals surface area contributed by atoms with E-state index in [4.69, 9.17) is 4.98 Å². The zero-order chi connectivity index (χ0) is 22.1. The summed E-state index contributed by atoms with van der Waals surface area (Å²) in [5.41, 5.74) is 2.63. The van der Waals surface area contributed by atoms with E-state index in [1.165, 1.54) is 18.5 Å². The van der Waals surface area contributed by atoms with Crippen LogP contribution in [0.1, 0.15) is 18.7 Å². The topological polar surface area (TPSA) is 94.7 Å². The molecule has 8 nitrogen and oxygen atoms in total. The van der Waals surface area contributed by atoms with E-state index in [0.29, 0.717) is 33.9 Å². The summed E-state index contributed by atoms with van der Waals surface area (Å²) in [7, 11) is 0. The molecule has 1 fully saturated rings. The number of hydrogen-bond acceptors (Lipinski definition) is 7. The Morgan fingerprint density at radius 3 is 2.72 bits per heavy atom. The predicted molar refractivity (Wildman–Crippen MR) is 118 cm³/mol. The van der Waals surface area contributed by atoms with Gasteiger partial charge in [-0.05, 0) is 30.7 Å². The molecular weight excluding hydrogens is 414 g/mol. The molecule has 4 heterocycles. The van der Waals surface area contributed by atoms with Crippen molar-refractivity contribution in [2.45, 2.75) is 13.0 Å². The van der Waals surface area contributed by atoms with E-state index in [-0.39, 0.29) is 6.04 Å². The van der Waals surface area contributed by atoms with Crippen LogP contribution < -0.4 is 15.5 Å². The fraction of sp³-hybridized carbons (Fsp3) is 0.273. The number of hydrogen-bond donors (Lipinski definition) is 3. The van der Waals surface area contributed by atoms with Crippen molar-refractivity contribution in [1.29, 1.82) is 0 Å². The number of fused-ring (bicyclic) bond motifs is 1. The van der Waals surface area contributed by atoms with Gasteiger partial charge in [0.2, 0.25) is 5.95 Å². The minimum Gasteiger partial charge on any atom is -0.361 e. The zero-order valence-electron chi connectivity index (χ0n) is 17.4. The number of piperazine rings is 1. The molecule has 4 aromatic rings. The molecule has 0 radical (unpaired) electrons. The van der Waals surface area contributed by atoms with E-state index in [1.54, 1.807) is 12.4 Å². The molecule has 1 aromatic carbocycles. The van der Waals surface area contributed by atoms with E-state index in [1.807, 2.05) is 13.0 Å². The third kappa shape index (κ3) is 3.84. The van der Waals surface area contributed by atoms with Gasteiger partial charge in [0.1, 0.15) is 17.8 Å². The lowest BCUT2D eigenvalue weighted by atomic mass is 10.1. The Morgan fingerprint density at radius 2 is 1.91 bits per heavy atom. The molecule has 32 heavy (non-hydrogen) atoms. The standard InChI is InChI=1S/C22H22F2N8/c1-13(18-4-5-26-22(31-18)32-8-6-25-7-9-32)30-21-19-15(11-27-20(19)28-12-29-21)14-2-3-16(23)17(24)10-14/h2-5,10-13,25H,6-9H2,1H3,(H2,27,28,29,30). The molecule has 0 spiro atoms. The van der Waals surface area contributed by atoms with Crippen LogP contribution in [-0.4, -0.2) is 51.1 Å². The summed E-state index contributed by atoms with van der Waals surface area (Å²) in [6, 6.07) is 5.51. The first-order chi connectivity index (χ1) is 15.6. The van der Waals surface area contributed by atoms with E-state index in [0.717, 1.165) is 37.9 Å². The second kappa shape index (κ2) is 8.46. The molecule has 1 aliphatic rings. The van der Waals surface area contributed by atoms with Gasteiger partial charge >= 0.3 is 0 Å². The average molecular weight is 436 g/mol. The summed E-state index contributed by atoms with van der Waals surface area (Å²) in [5.74, 6) is -0.515. The minimum absolute atomic E-state index is 0.175. The molecule has 0 bridgehead atoms. The molecule has 3 N–H and O–H groups in total. The molecule has 3 aromatic heterocycles. The number of halogens is 2. The Balaban J connectivity index is 1.46. The Labute approximate surface area is 183 Å². The van der Waals surface area contributed by atoms with Gasteiger partial charge in [0.25, 0.3) is 0 Å². The van der Waals surface area contributed by atoms with Gasteiger partial charge in [-0.3, -0.25) is 0 Å². The molecule has 0 amide bonds. The van der Waals surface area contributed by atoms with E-state index < -0.39 is 11.6 Å². The third-order valence-corrected chi connectivity index (χ3v) is 5.56. The van der Waals surface area contributed by atoms with Crippen LogP contribution >= 0.6 is 0 Å². The van der Waals surface area contributed by atoms with Crippen molar-refractivity contribution in [3.8, 4) is 11.1 Å². The van der Waals surface area contributed by atoms with Crippen LogP contribution in [0.2, 0.25) is 0 Å². The second-order valence-corrected chi connectivity index (χ2v) is 7.66. The highest BCUT2D eigenvalue weighted by Gasteiger charge is 2.18. The highest BCUT2D eigenvalue weighted by atomic mass is 19.2. The summed E-state index contributed by atoms with van der Waals surface area (Å²) in [6.07, 6.45) is 4.93. The number of nitrogens with zero attached hydrogens (tertiary/aromatic N) is 5. The summed E-state index contributed by atoms with van der Waals surface area (Å²) < 4.78 is 27.3. The lowest BCUT2D eigenvalue weighted by Gasteiger charge is -2.27. The van der Waals surface area contributed by atoms with Crippen molar-refractivity contribution in [1.82, 2.24) is 30.2 Å². The van der Waals surface area contributed by atoms with Gasteiger partial charge in [-0.2, -0.15) is 0 Å². The minimum atomic E-state index is -0.905. The van der Waals surface area contributed by atoms with Crippen molar-refractivity contribution in [3.63, 3.8) is 0 Å². The van der Waals surface area contributed by atoms with Gasteiger partial charge < -0.3 is 20.5 Å². The van der Waals surface area contributed by atoms with Gasteiger partial charge in [0.05, 0.1) is 17.1 Å². The Kier molecular flexibility index (Phi) is 5.36. The smallest absolute Gasteiger partial charge is 0.225 e. The van der Waals surface area contributed by atoms with E-state index in [9.17, 15) is 8.78 Å². The van der Waals surface area contributed by atoms with Crippen LogP contribution in [0.25, 0.3) is 22.2 Å². The van der Waals surface area contributed by atoms with Crippen molar-refractivity contribution in [2.24, 2.45) is 0 Å². The maximum absolute atomic E-state index is 13.8. The largest absolute Gasteiger partial charge is 0.361 e. The summed E-state index contributed by atoms with van der Waals surface area (Å²) in [4.78, 5) is 23.1. The molecule has 1 aliphatic heterocycles. The SMILES string of the molecule is CC(Nc1ncnc2[nH]cc(-c3ccc(F)c(F)c3)c12)c1ccnc(N2CCNCC2)n1. The first-order valence-electron chi connectivity index (χ1n) is 10.4. The lowest BCUT2D eigenvalue weighted by Crippen LogP contribution is -2.44. The first kappa shape index (κ1) is 20.3. The molecular formula is C22H22F2N8.